The predicted octanol–water partition coefficient (Wildman–Crippen LogP) is 7.22. The zero-order valence-corrected chi connectivity index (χ0v) is 26.7. The van der Waals surface area contributed by atoms with Crippen molar-refractivity contribution in [1.82, 2.24) is 9.13 Å². The number of hydrogen-bond acceptors (Lipinski definition) is 8. The van der Waals surface area contributed by atoms with Gasteiger partial charge in [-0.15, -0.1) is 0 Å². The van der Waals surface area contributed by atoms with Crippen LogP contribution < -0.4 is 18.9 Å². The first-order valence-electron chi connectivity index (χ1n) is 14.8. The molecule has 0 aliphatic heterocycles. The van der Waals surface area contributed by atoms with Crippen molar-refractivity contribution in [1.29, 1.82) is 0 Å². The fourth-order valence-electron chi connectivity index (χ4n) is 4.70. The van der Waals surface area contributed by atoms with Crippen LogP contribution in [-0.4, -0.2) is 36.3 Å². The van der Waals surface area contributed by atoms with Crippen LogP contribution in [0.3, 0.4) is 0 Å². The molecule has 0 amide bonds. The number of aromatic nitrogens is 4. The molecule has 0 N–H and O–H groups in total. The zero-order chi connectivity index (χ0) is 31.8. The fourth-order valence-corrected chi connectivity index (χ4v) is 4.70. The number of anilines is 2. The molecule has 2 aromatic heterocycles. The Kier molecular flexibility index (Phi) is 9.83. The van der Waals surface area contributed by atoms with Gasteiger partial charge in [0.25, 0.3) is 0 Å². The van der Waals surface area contributed by atoms with Gasteiger partial charge in [-0.25, -0.2) is 18.3 Å². The van der Waals surface area contributed by atoms with Crippen LogP contribution in [-0.2, 0) is 28.2 Å². The number of benzene rings is 3. The first-order chi connectivity index (χ1) is 21.8. The summed E-state index contributed by atoms with van der Waals surface area (Å²) in [6.45, 7) is 1.86. The molecule has 0 saturated heterocycles. The maximum Gasteiger partial charge on any atom is 0.421 e. The minimum atomic E-state index is 0.753. The van der Waals surface area contributed by atoms with Crippen LogP contribution in [0.5, 0.6) is 0 Å². The van der Waals surface area contributed by atoms with E-state index in [1.807, 2.05) is 120 Å². The van der Waals surface area contributed by atoms with Crippen LogP contribution in [0, 0.1) is 0 Å². The van der Waals surface area contributed by atoms with Gasteiger partial charge in [0.1, 0.15) is 11.4 Å². The second-order valence-electron chi connectivity index (χ2n) is 11.0. The van der Waals surface area contributed by atoms with Crippen molar-refractivity contribution in [3.8, 4) is 0 Å². The van der Waals surface area contributed by atoms with Gasteiger partial charge in [0.2, 0.25) is 0 Å². The summed E-state index contributed by atoms with van der Waals surface area (Å²) in [5.74, 6) is 1.55. The molecule has 0 fully saturated rings. The fraction of sp³-hybridized carbons (Fsp3) is 0.273. The molecule has 0 aliphatic rings. The number of nitrogens with zero attached hydrogens (tertiary/aromatic N) is 12. The van der Waals surface area contributed by atoms with E-state index in [0.29, 0.717) is 0 Å². The van der Waals surface area contributed by atoms with E-state index in [1.165, 1.54) is 0 Å². The Bertz CT molecular complexity index is 1740. The molecule has 12 heteroatoms. The average Bonchev–Trinajstić information content (AvgIpc) is 3.56. The Morgan fingerprint density at radius 2 is 0.822 bits per heavy atom. The molecule has 230 valence electrons. The summed E-state index contributed by atoms with van der Waals surface area (Å²) in [5.41, 5.74) is 5.42. The van der Waals surface area contributed by atoms with E-state index >= 15 is 0 Å². The molecule has 2 heterocycles. The summed E-state index contributed by atoms with van der Waals surface area (Å²) in [6.07, 6.45) is 8.80. The maximum absolute atomic E-state index is 4.40. The average molecular weight is 605 g/mol. The van der Waals surface area contributed by atoms with E-state index in [4.69, 9.17) is 0 Å². The standard InChI is InChI=1S/C33H40N12/c1-40(20-7-21-41(2)31-18-14-29(15-19-31)37-39-33-44(5)24-25-45(33)6)30-16-12-28(13-17-30)35-34-26-8-10-27(11-9-26)36-38-32-42(3)22-23-43(32)4/h8-19,22-25H,7,20-21H2,1-6H3/q+2. The number of hydrogen-bond donors (Lipinski definition) is 0. The van der Waals surface area contributed by atoms with E-state index in [1.54, 1.807) is 0 Å². The minimum absolute atomic E-state index is 0.753. The van der Waals surface area contributed by atoms with E-state index in [9.17, 15) is 0 Å². The SMILES string of the molecule is CN(CCCN(C)c1ccc(N=Nc2n(C)cc[n+]2C)cc1)c1ccc(N=Nc2ccc(N=Nc3n(C)cc[n+]3C)cc2)cc1. The quantitative estimate of drug-likeness (QED) is 0.111. The van der Waals surface area contributed by atoms with E-state index in [0.717, 1.165) is 65.5 Å². The molecule has 0 bridgehead atoms. The van der Waals surface area contributed by atoms with E-state index < -0.39 is 0 Å². The van der Waals surface area contributed by atoms with Gasteiger partial charge in [0.15, 0.2) is 0 Å². The highest BCUT2D eigenvalue weighted by atomic mass is 15.3. The van der Waals surface area contributed by atoms with Crippen molar-refractivity contribution in [2.24, 2.45) is 58.9 Å². The molecule has 0 saturated carbocycles. The smallest absolute Gasteiger partial charge is 0.375 e. The maximum atomic E-state index is 4.40. The van der Waals surface area contributed by atoms with Crippen molar-refractivity contribution in [2.75, 3.05) is 37.0 Å². The molecule has 0 unspecified atom stereocenters. The van der Waals surface area contributed by atoms with Crippen LogP contribution >= 0.6 is 0 Å². The van der Waals surface area contributed by atoms with Gasteiger partial charge < -0.3 is 9.80 Å². The lowest BCUT2D eigenvalue weighted by atomic mass is 10.2. The summed E-state index contributed by atoms with van der Waals surface area (Å²) in [6, 6.07) is 23.8. The Labute approximate surface area is 264 Å². The van der Waals surface area contributed by atoms with Crippen LogP contribution in [0.15, 0.2) is 128 Å². The van der Waals surface area contributed by atoms with Gasteiger partial charge in [0, 0.05) is 48.8 Å². The Balaban J connectivity index is 1.07. The highest BCUT2D eigenvalue weighted by molar-refractivity contribution is 5.54. The summed E-state index contributed by atoms with van der Waals surface area (Å²) in [4.78, 5) is 4.51. The lowest BCUT2D eigenvalue weighted by molar-refractivity contribution is -0.657. The van der Waals surface area contributed by atoms with Crippen LogP contribution in [0.4, 0.5) is 46.0 Å². The first kappa shape index (κ1) is 30.9. The molecular formula is C33H40N12+2. The number of rotatable bonds is 12. The second-order valence-corrected chi connectivity index (χ2v) is 11.0. The lowest BCUT2D eigenvalue weighted by Crippen LogP contribution is -2.25. The Morgan fingerprint density at radius 1 is 0.511 bits per heavy atom. The third-order valence-corrected chi connectivity index (χ3v) is 7.50. The van der Waals surface area contributed by atoms with Gasteiger partial charge in [-0.05, 0) is 79.2 Å². The molecule has 0 aliphatic carbocycles. The number of azo groups is 3. The molecule has 0 atom stereocenters. The molecule has 12 nitrogen and oxygen atoms in total. The third kappa shape index (κ3) is 8.11. The van der Waals surface area contributed by atoms with Gasteiger partial charge in [-0.3, -0.25) is 0 Å². The van der Waals surface area contributed by atoms with Crippen molar-refractivity contribution >= 4 is 46.0 Å². The normalized spacial score (nSPS) is 11.8. The molecule has 45 heavy (non-hydrogen) atoms. The van der Waals surface area contributed by atoms with Gasteiger partial charge in [0.05, 0.1) is 64.4 Å². The van der Waals surface area contributed by atoms with Crippen molar-refractivity contribution in [2.45, 2.75) is 6.42 Å². The summed E-state index contributed by atoms with van der Waals surface area (Å²) < 4.78 is 7.70. The molecule has 3 aromatic carbocycles. The molecule has 5 aromatic rings. The monoisotopic (exact) mass is 604 g/mol. The van der Waals surface area contributed by atoms with Crippen molar-refractivity contribution in [3.05, 3.63) is 97.6 Å². The second kappa shape index (κ2) is 14.3. The van der Waals surface area contributed by atoms with E-state index in [2.05, 4.69) is 78.8 Å². The van der Waals surface area contributed by atoms with Crippen molar-refractivity contribution < 1.29 is 9.13 Å². The topological polar surface area (TPSA) is 98.3 Å². The Hall–Kier alpha value is -5.52. The highest BCUT2D eigenvalue weighted by Gasteiger charge is 2.11. The van der Waals surface area contributed by atoms with Crippen LogP contribution in [0.25, 0.3) is 0 Å². The summed E-state index contributed by atoms with van der Waals surface area (Å²) in [5, 5.41) is 26.2. The van der Waals surface area contributed by atoms with Gasteiger partial charge >= 0.3 is 11.9 Å². The molecular weight excluding hydrogens is 564 g/mol. The number of aryl methyl sites for hydroxylation is 4. The van der Waals surface area contributed by atoms with Crippen LogP contribution in [0.2, 0.25) is 0 Å². The largest absolute Gasteiger partial charge is 0.421 e. The lowest BCUT2D eigenvalue weighted by Gasteiger charge is -2.23. The molecule has 0 radical (unpaired) electrons. The highest BCUT2D eigenvalue weighted by Crippen LogP contribution is 2.25. The predicted molar refractivity (Wildman–Crippen MR) is 176 cm³/mol. The zero-order valence-electron chi connectivity index (χ0n) is 26.7. The van der Waals surface area contributed by atoms with Gasteiger partial charge in [-0.2, -0.15) is 10.2 Å². The number of imidazole rings is 2. The van der Waals surface area contributed by atoms with Crippen LogP contribution in [0.1, 0.15) is 6.42 Å². The van der Waals surface area contributed by atoms with Gasteiger partial charge in [-0.1, -0.05) is 10.2 Å². The molecule has 0 spiro atoms. The van der Waals surface area contributed by atoms with E-state index in [-0.39, 0.29) is 0 Å². The summed E-state index contributed by atoms with van der Waals surface area (Å²) in [7, 11) is 12.0. The summed E-state index contributed by atoms with van der Waals surface area (Å²) >= 11 is 0. The van der Waals surface area contributed by atoms with Crippen molar-refractivity contribution in [3.63, 3.8) is 0 Å². The first-order valence-corrected chi connectivity index (χ1v) is 14.8. The Morgan fingerprint density at radius 3 is 1.13 bits per heavy atom. The molecule has 5 rings (SSSR count). The third-order valence-electron chi connectivity index (χ3n) is 7.50. The minimum Gasteiger partial charge on any atom is -0.375 e.